The molecule has 0 aliphatic carbocycles. The Morgan fingerprint density at radius 3 is 2.63 bits per heavy atom. The van der Waals surface area contributed by atoms with E-state index in [-0.39, 0.29) is 11.7 Å². The molecule has 0 unspecified atom stereocenters. The summed E-state index contributed by atoms with van der Waals surface area (Å²) < 4.78 is 13.2. The number of rotatable bonds is 5. The predicted molar refractivity (Wildman–Crippen MR) is 76.9 cm³/mol. The molecule has 2 rings (SSSR count). The van der Waals surface area contributed by atoms with Crippen molar-refractivity contribution < 1.29 is 4.39 Å². The van der Waals surface area contributed by atoms with E-state index in [1.807, 2.05) is 25.1 Å². The lowest BCUT2D eigenvalue weighted by Gasteiger charge is -2.24. The van der Waals surface area contributed by atoms with E-state index >= 15 is 0 Å². The fourth-order valence-electron chi connectivity index (χ4n) is 2.00. The minimum Gasteiger partial charge on any atom is -0.352 e. The van der Waals surface area contributed by atoms with E-state index in [1.54, 1.807) is 0 Å². The van der Waals surface area contributed by atoms with Gasteiger partial charge in [-0.05, 0) is 18.6 Å². The normalized spacial score (nSPS) is 10.5. The van der Waals surface area contributed by atoms with Crippen molar-refractivity contribution in [3.8, 4) is 0 Å². The highest BCUT2D eigenvalue weighted by atomic mass is 35.5. The third kappa shape index (κ3) is 3.44. The molecule has 0 aliphatic rings. The molecular formula is C15H16ClFN2. The average Bonchev–Trinajstić information content (AvgIpc) is 2.46. The van der Waals surface area contributed by atoms with Crippen molar-refractivity contribution >= 4 is 17.4 Å². The zero-order valence-corrected chi connectivity index (χ0v) is 11.6. The van der Waals surface area contributed by atoms with Gasteiger partial charge >= 0.3 is 0 Å². The number of nitrogens with zero attached hydrogens (tertiary/aromatic N) is 2. The van der Waals surface area contributed by atoms with Gasteiger partial charge in [-0.15, -0.1) is 11.6 Å². The number of hydrogen-bond acceptors (Lipinski definition) is 2. The summed E-state index contributed by atoms with van der Waals surface area (Å²) in [6, 6.07) is 11.6. The first-order valence-corrected chi connectivity index (χ1v) is 6.77. The minimum absolute atomic E-state index is 0.255. The van der Waals surface area contributed by atoms with Gasteiger partial charge in [-0.3, -0.25) is 0 Å². The van der Waals surface area contributed by atoms with E-state index in [1.165, 1.54) is 17.8 Å². The summed E-state index contributed by atoms with van der Waals surface area (Å²) in [5, 5.41) is 0. The van der Waals surface area contributed by atoms with E-state index in [2.05, 4.69) is 22.0 Å². The predicted octanol–water partition coefficient (Wildman–Crippen LogP) is 3.99. The van der Waals surface area contributed by atoms with Gasteiger partial charge < -0.3 is 4.90 Å². The van der Waals surface area contributed by atoms with Crippen LogP contribution in [0.15, 0.2) is 42.6 Å². The molecular weight excluding hydrogens is 263 g/mol. The van der Waals surface area contributed by atoms with Crippen LogP contribution in [-0.2, 0) is 12.4 Å². The number of anilines is 1. The second-order valence-corrected chi connectivity index (χ2v) is 4.54. The molecule has 0 saturated heterocycles. The summed E-state index contributed by atoms with van der Waals surface area (Å²) in [4.78, 5) is 6.27. The zero-order valence-electron chi connectivity index (χ0n) is 10.8. The molecule has 1 aromatic heterocycles. The number of aromatic nitrogens is 1. The molecule has 0 radical (unpaired) electrons. The van der Waals surface area contributed by atoms with Crippen LogP contribution in [-0.4, -0.2) is 11.5 Å². The van der Waals surface area contributed by atoms with E-state index in [0.717, 1.165) is 24.5 Å². The van der Waals surface area contributed by atoms with Gasteiger partial charge in [0.2, 0.25) is 0 Å². The standard InChI is InChI=1S/C15H16ClFN2/c1-2-19(11-12-6-4-3-5-7-12)15-13(9-16)8-14(17)10-18-15/h3-8,10H,2,9,11H2,1H3. The minimum atomic E-state index is -0.352. The van der Waals surface area contributed by atoms with E-state index in [9.17, 15) is 4.39 Å². The van der Waals surface area contributed by atoms with Crippen LogP contribution in [0.4, 0.5) is 10.2 Å². The molecule has 0 fully saturated rings. The number of halogens is 2. The molecule has 0 amide bonds. The Kier molecular flexibility index (Phi) is 4.74. The van der Waals surface area contributed by atoms with E-state index in [0.29, 0.717) is 0 Å². The van der Waals surface area contributed by atoms with Gasteiger partial charge in [-0.1, -0.05) is 30.3 Å². The molecule has 100 valence electrons. The lowest BCUT2D eigenvalue weighted by molar-refractivity contribution is 0.618. The maximum atomic E-state index is 13.2. The molecule has 0 saturated carbocycles. The Morgan fingerprint density at radius 2 is 2.00 bits per heavy atom. The molecule has 1 heterocycles. The summed E-state index contributed by atoms with van der Waals surface area (Å²) in [6.07, 6.45) is 1.24. The number of alkyl halides is 1. The van der Waals surface area contributed by atoms with E-state index < -0.39 is 0 Å². The van der Waals surface area contributed by atoms with Crippen LogP contribution in [0.2, 0.25) is 0 Å². The molecule has 0 bridgehead atoms. The molecule has 0 N–H and O–H groups in total. The Morgan fingerprint density at radius 1 is 1.26 bits per heavy atom. The first kappa shape index (κ1) is 13.8. The number of hydrogen-bond donors (Lipinski definition) is 0. The Bertz CT molecular complexity index is 531. The molecule has 2 nitrogen and oxygen atoms in total. The fourth-order valence-corrected chi connectivity index (χ4v) is 2.19. The fraction of sp³-hybridized carbons (Fsp3) is 0.267. The van der Waals surface area contributed by atoms with Gasteiger partial charge in [-0.2, -0.15) is 0 Å². The molecule has 2 aromatic rings. The quantitative estimate of drug-likeness (QED) is 0.769. The zero-order chi connectivity index (χ0) is 13.7. The maximum Gasteiger partial charge on any atom is 0.141 e. The van der Waals surface area contributed by atoms with Gasteiger partial charge in [0.25, 0.3) is 0 Å². The Labute approximate surface area is 117 Å². The highest BCUT2D eigenvalue weighted by Crippen LogP contribution is 2.22. The lowest BCUT2D eigenvalue weighted by atomic mass is 10.2. The molecule has 4 heteroatoms. The van der Waals surface area contributed by atoms with Crippen LogP contribution in [0, 0.1) is 5.82 Å². The molecule has 1 aromatic carbocycles. The molecule has 19 heavy (non-hydrogen) atoms. The van der Waals surface area contributed by atoms with Crippen molar-refractivity contribution in [3.63, 3.8) is 0 Å². The SMILES string of the molecule is CCN(Cc1ccccc1)c1ncc(F)cc1CCl. The lowest BCUT2D eigenvalue weighted by Crippen LogP contribution is -2.24. The van der Waals surface area contributed by atoms with Gasteiger partial charge in [-0.25, -0.2) is 9.37 Å². The van der Waals surface area contributed by atoms with Gasteiger partial charge in [0.15, 0.2) is 0 Å². The monoisotopic (exact) mass is 278 g/mol. The van der Waals surface area contributed by atoms with Gasteiger partial charge in [0.05, 0.1) is 12.1 Å². The van der Waals surface area contributed by atoms with Gasteiger partial charge in [0.1, 0.15) is 11.6 Å². The molecule has 0 spiro atoms. The largest absolute Gasteiger partial charge is 0.352 e. The highest BCUT2D eigenvalue weighted by molar-refractivity contribution is 6.17. The Hall–Kier alpha value is -1.61. The van der Waals surface area contributed by atoms with Crippen molar-refractivity contribution in [2.24, 2.45) is 0 Å². The van der Waals surface area contributed by atoms with Crippen molar-refractivity contribution in [2.45, 2.75) is 19.3 Å². The van der Waals surface area contributed by atoms with Crippen LogP contribution < -0.4 is 4.90 Å². The molecule has 0 atom stereocenters. The number of benzene rings is 1. The van der Waals surface area contributed by atoms with E-state index in [4.69, 9.17) is 11.6 Å². The first-order chi connectivity index (χ1) is 9.24. The highest BCUT2D eigenvalue weighted by Gasteiger charge is 2.12. The third-order valence-corrected chi connectivity index (χ3v) is 3.24. The van der Waals surface area contributed by atoms with Crippen LogP contribution in [0.3, 0.4) is 0 Å². The van der Waals surface area contributed by atoms with Crippen LogP contribution in [0.5, 0.6) is 0 Å². The summed E-state index contributed by atoms with van der Waals surface area (Å²) >= 11 is 5.87. The Balaban J connectivity index is 2.27. The third-order valence-electron chi connectivity index (χ3n) is 2.95. The second kappa shape index (κ2) is 6.53. The summed E-state index contributed by atoms with van der Waals surface area (Å²) in [5.74, 6) is 0.656. The first-order valence-electron chi connectivity index (χ1n) is 6.24. The summed E-state index contributed by atoms with van der Waals surface area (Å²) in [5.41, 5.74) is 1.91. The smallest absolute Gasteiger partial charge is 0.141 e. The van der Waals surface area contributed by atoms with Crippen molar-refractivity contribution in [1.29, 1.82) is 0 Å². The van der Waals surface area contributed by atoms with Crippen molar-refractivity contribution in [2.75, 3.05) is 11.4 Å². The van der Waals surface area contributed by atoms with Gasteiger partial charge in [0, 0.05) is 18.7 Å². The van der Waals surface area contributed by atoms with Crippen LogP contribution >= 0.6 is 11.6 Å². The average molecular weight is 279 g/mol. The van der Waals surface area contributed by atoms with Crippen LogP contribution in [0.1, 0.15) is 18.1 Å². The summed E-state index contributed by atoms with van der Waals surface area (Å²) in [6.45, 7) is 3.57. The van der Waals surface area contributed by atoms with Crippen molar-refractivity contribution in [3.05, 3.63) is 59.5 Å². The number of pyridine rings is 1. The molecule has 0 aliphatic heterocycles. The van der Waals surface area contributed by atoms with Crippen molar-refractivity contribution in [1.82, 2.24) is 4.98 Å². The maximum absolute atomic E-state index is 13.2. The van der Waals surface area contributed by atoms with Crippen LogP contribution in [0.25, 0.3) is 0 Å². The second-order valence-electron chi connectivity index (χ2n) is 4.27. The summed E-state index contributed by atoms with van der Waals surface area (Å²) in [7, 11) is 0. The topological polar surface area (TPSA) is 16.1 Å².